The molecule has 0 aliphatic heterocycles. The van der Waals surface area contributed by atoms with Crippen molar-refractivity contribution in [2.24, 2.45) is 5.16 Å². The van der Waals surface area contributed by atoms with Crippen molar-refractivity contribution in [3.05, 3.63) is 38.3 Å². The highest BCUT2D eigenvalue weighted by Gasteiger charge is 1.98. The molecule has 1 rings (SSSR count). The van der Waals surface area contributed by atoms with Crippen molar-refractivity contribution in [2.45, 2.75) is 0 Å². The fourth-order valence-electron chi connectivity index (χ4n) is 0.853. The summed E-state index contributed by atoms with van der Waals surface area (Å²) in [5.74, 6) is 0.104. The zero-order valence-corrected chi connectivity index (χ0v) is 12.0. The average molecular weight is 369 g/mol. The van der Waals surface area contributed by atoms with Crippen molar-refractivity contribution >= 4 is 49.7 Å². The Morgan fingerprint density at radius 1 is 1.56 bits per heavy atom. The monoisotopic (exact) mass is 367 g/mol. The molecule has 0 unspecified atom stereocenters. The van der Waals surface area contributed by atoms with E-state index in [1.807, 2.05) is 0 Å². The Bertz CT molecular complexity index is 421. The highest BCUT2D eigenvalue weighted by molar-refractivity contribution is 9.14. The first kappa shape index (κ1) is 13.5. The van der Waals surface area contributed by atoms with Crippen LogP contribution >= 0.6 is 43.5 Å². The van der Waals surface area contributed by atoms with Crippen molar-refractivity contribution in [1.82, 2.24) is 0 Å². The molecule has 0 saturated carbocycles. The van der Waals surface area contributed by atoms with E-state index >= 15 is 0 Å². The number of halogens is 3. The van der Waals surface area contributed by atoms with Gasteiger partial charge in [0.05, 0.1) is 6.21 Å². The van der Waals surface area contributed by atoms with Crippen molar-refractivity contribution in [3.63, 3.8) is 0 Å². The molecule has 1 aromatic rings. The van der Waals surface area contributed by atoms with Crippen LogP contribution in [0, 0.1) is 0 Å². The largest absolute Gasteiger partial charge is 0.507 e. The second-order valence-corrected chi connectivity index (χ2v) is 4.68. The molecule has 0 aliphatic carbocycles. The minimum absolute atomic E-state index is 0.104. The molecule has 16 heavy (non-hydrogen) atoms. The molecule has 0 spiro atoms. The Morgan fingerprint density at radius 3 is 3.00 bits per heavy atom. The SMILES string of the molecule is Oc1ccc(Cl)cc1/C=N/OC/C(Br)=C\Br. The van der Waals surface area contributed by atoms with Crippen LogP contribution in [0.15, 0.2) is 32.8 Å². The van der Waals surface area contributed by atoms with Crippen LogP contribution in [0.2, 0.25) is 5.02 Å². The molecule has 0 atom stereocenters. The van der Waals surface area contributed by atoms with Crippen LogP contribution in [0.3, 0.4) is 0 Å². The third-order valence-corrected chi connectivity index (χ3v) is 3.44. The molecule has 6 heteroatoms. The molecule has 0 aliphatic rings. The Hall–Kier alpha value is -0.520. The number of benzene rings is 1. The first-order valence-corrected chi connectivity index (χ1v) is 6.30. The normalized spacial score (nSPS) is 12.1. The Kier molecular flexibility index (Phi) is 5.87. The fraction of sp³-hybridized carbons (Fsp3) is 0.100. The summed E-state index contributed by atoms with van der Waals surface area (Å²) in [5, 5.41) is 13.7. The smallest absolute Gasteiger partial charge is 0.149 e. The molecule has 1 N–H and O–H groups in total. The van der Waals surface area contributed by atoms with Gasteiger partial charge in [0.25, 0.3) is 0 Å². The van der Waals surface area contributed by atoms with E-state index in [0.29, 0.717) is 17.2 Å². The van der Waals surface area contributed by atoms with Gasteiger partial charge in [-0.2, -0.15) is 0 Å². The predicted octanol–water partition coefficient (Wildman–Crippen LogP) is 4.03. The van der Waals surface area contributed by atoms with Gasteiger partial charge < -0.3 is 9.94 Å². The molecule has 86 valence electrons. The summed E-state index contributed by atoms with van der Waals surface area (Å²) in [4.78, 5) is 6.64. The van der Waals surface area contributed by atoms with Gasteiger partial charge in [0, 0.05) is 15.1 Å². The molecular weight excluding hydrogens is 361 g/mol. The van der Waals surface area contributed by atoms with E-state index in [1.54, 1.807) is 17.1 Å². The van der Waals surface area contributed by atoms with Gasteiger partial charge in [-0.25, -0.2) is 0 Å². The number of hydrogen-bond acceptors (Lipinski definition) is 3. The van der Waals surface area contributed by atoms with Gasteiger partial charge in [0.2, 0.25) is 0 Å². The molecular formula is C10H8Br2ClNO2. The van der Waals surface area contributed by atoms with Crippen molar-refractivity contribution in [1.29, 1.82) is 0 Å². The van der Waals surface area contributed by atoms with E-state index in [0.717, 1.165) is 4.48 Å². The number of rotatable bonds is 4. The van der Waals surface area contributed by atoms with E-state index in [-0.39, 0.29) is 5.75 Å². The van der Waals surface area contributed by atoms with Crippen LogP contribution in [0.4, 0.5) is 0 Å². The van der Waals surface area contributed by atoms with Crippen molar-refractivity contribution in [3.8, 4) is 5.75 Å². The van der Waals surface area contributed by atoms with Gasteiger partial charge in [-0.3, -0.25) is 0 Å². The first-order chi connectivity index (χ1) is 7.63. The number of hydrogen-bond donors (Lipinski definition) is 1. The van der Waals surface area contributed by atoms with E-state index in [9.17, 15) is 5.11 Å². The lowest BCUT2D eigenvalue weighted by Gasteiger charge is -1.99. The fourth-order valence-corrected chi connectivity index (χ4v) is 1.27. The molecule has 0 heterocycles. The number of oxime groups is 1. The van der Waals surface area contributed by atoms with Crippen LogP contribution < -0.4 is 0 Å². The summed E-state index contributed by atoms with van der Waals surface area (Å²) in [5.41, 5.74) is 0.506. The van der Waals surface area contributed by atoms with Crippen LogP contribution in [-0.2, 0) is 4.84 Å². The molecule has 0 bridgehead atoms. The zero-order chi connectivity index (χ0) is 12.0. The lowest BCUT2D eigenvalue weighted by molar-refractivity contribution is 0.175. The zero-order valence-electron chi connectivity index (χ0n) is 8.03. The second kappa shape index (κ2) is 6.93. The minimum atomic E-state index is 0.104. The maximum atomic E-state index is 9.46. The second-order valence-electron chi connectivity index (χ2n) is 2.77. The molecule has 0 radical (unpaired) electrons. The third kappa shape index (κ3) is 4.55. The first-order valence-electron chi connectivity index (χ1n) is 4.22. The third-order valence-electron chi connectivity index (χ3n) is 1.58. The highest BCUT2D eigenvalue weighted by atomic mass is 79.9. The highest BCUT2D eigenvalue weighted by Crippen LogP contribution is 2.19. The van der Waals surface area contributed by atoms with Gasteiger partial charge in [-0.1, -0.05) is 48.6 Å². The summed E-state index contributed by atoms with van der Waals surface area (Å²) in [7, 11) is 0. The number of phenolic OH excluding ortho intramolecular Hbond substituents is 1. The van der Waals surface area contributed by atoms with E-state index in [1.165, 1.54) is 12.3 Å². The van der Waals surface area contributed by atoms with E-state index in [2.05, 4.69) is 37.0 Å². The number of aromatic hydroxyl groups is 1. The molecule has 0 fully saturated rings. The minimum Gasteiger partial charge on any atom is -0.507 e. The van der Waals surface area contributed by atoms with Crippen LogP contribution in [0.1, 0.15) is 5.56 Å². The summed E-state index contributed by atoms with van der Waals surface area (Å²) in [6, 6.07) is 4.69. The van der Waals surface area contributed by atoms with Gasteiger partial charge in [0.15, 0.2) is 0 Å². The van der Waals surface area contributed by atoms with E-state index in [4.69, 9.17) is 16.4 Å². The maximum absolute atomic E-state index is 9.46. The Morgan fingerprint density at radius 2 is 2.31 bits per heavy atom. The predicted molar refractivity (Wildman–Crippen MR) is 72.6 cm³/mol. The number of phenols is 1. The summed E-state index contributed by atoms with van der Waals surface area (Å²) < 4.78 is 0.819. The topological polar surface area (TPSA) is 41.8 Å². The van der Waals surface area contributed by atoms with Crippen LogP contribution in [-0.4, -0.2) is 17.9 Å². The molecule has 0 saturated heterocycles. The quantitative estimate of drug-likeness (QED) is 0.643. The standard InChI is InChI=1S/C10H8Br2ClNO2/c11-4-8(12)6-16-14-5-7-3-9(13)1-2-10(7)15/h1-5,15H,6H2/b8-4+,14-5+. The molecule has 1 aromatic carbocycles. The lowest BCUT2D eigenvalue weighted by atomic mass is 10.2. The molecule has 0 aromatic heterocycles. The lowest BCUT2D eigenvalue weighted by Crippen LogP contribution is -1.88. The van der Waals surface area contributed by atoms with Gasteiger partial charge >= 0.3 is 0 Å². The molecule has 0 amide bonds. The average Bonchev–Trinajstić information content (AvgIpc) is 2.28. The summed E-state index contributed by atoms with van der Waals surface area (Å²) in [6.45, 7) is 0.309. The van der Waals surface area contributed by atoms with Crippen molar-refractivity contribution < 1.29 is 9.94 Å². The Labute approximate surface area is 115 Å². The van der Waals surface area contributed by atoms with Crippen molar-refractivity contribution in [2.75, 3.05) is 6.61 Å². The van der Waals surface area contributed by atoms with Gasteiger partial charge in [-0.15, -0.1) is 0 Å². The van der Waals surface area contributed by atoms with Crippen LogP contribution in [0.5, 0.6) is 5.75 Å². The summed E-state index contributed by atoms with van der Waals surface area (Å²) >= 11 is 12.1. The Balaban J connectivity index is 2.59. The van der Waals surface area contributed by atoms with Gasteiger partial charge in [-0.05, 0) is 23.2 Å². The molecule has 3 nitrogen and oxygen atoms in total. The van der Waals surface area contributed by atoms with Gasteiger partial charge in [0.1, 0.15) is 12.4 Å². The van der Waals surface area contributed by atoms with Crippen LogP contribution in [0.25, 0.3) is 0 Å². The van der Waals surface area contributed by atoms with E-state index < -0.39 is 0 Å². The summed E-state index contributed by atoms with van der Waals surface area (Å²) in [6.07, 6.45) is 1.40. The maximum Gasteiger partial charge on any atom is 0.149 e. The number of nitrogens with zero attached hydrogens (tertiary/aromatic N) is 1.